The molecular weight excluding hydrogens is 456 g/mol. The maximum absolute atomic E-state index is 14.3. The normalized spacial score (nSPS) is 11.3. The number of benzene rings is 2. The van der Waals surface area contributed by atoms with Crippen LogP contribution >= 0.6 is 0 Å². The van der Waals surface area contributed by atoms with Crippen molar-refractivity contribution in [2.45, 2.75) is 39.3 Å². The summed E-state index contributed by atoms with van der Waals surface area (Å²) in [6.45, 7) is 4.25. The number of aromatic hydroxyl groups is 1. The van der Waals surface area contributed by atoms with E-state index < -0.39 is 35.0 Å². The highest BCUT2D eigenvalue weighted by Crippen LogP contribution is 2.36. The summed E-state index contributed by atoms with van der Waals surface area (Å²) < 4.78 is 63.5. The highest BCUT2D eigenvalue weighted by Gasteiger charge is 2.37. The number of halogens is 4. The van der Waals surface area contributed by atoms with Crippen molar-refractivity contribution in [3.63, 3.8) is 0 Å². The minimum atomic E-state index is -4.87. The Balaban J connectivity index is 2.02. The van der Waals surface area contributed by atoms with E-state index in [4.69, 9.17) is 14.9 Å². The van der Waals surface area contributed by atoms with Crippen LogP contribution in [0.2, 0.25) is 0 Å². The zero-order valence-corrected chi connectivity index (χ0v) is 19.3. The summed E-state index contributed by atoms with van der Waals surface area (Å²) in [5.74, 6) is -1.77. The molecule has 2 rings (SSSR count). The van der Waals surface area contributed by atoms with Gasteiger partial charge in [0.1, 0.15) is 23.0 Å². The molecule has 0 bridgehead atoms. The molecule has 0 aliphatic heterocycles. The number of ether oxygens (including phenoxy) is 2. The molecule has 186 valence electrons. The van der Waals surface area contributed by atoms with Crippen LogP contribution in [0.3, 0.4) is 0 Å². The molecule has 0 aliphatic carbocycles. The van der Waals surface area contributed by atoms with E-state index in [1.54, 1.807) is 24.9 Å². The largest absolute Gasteiger partial charge is 0.507 e. The van der Waals surface area contributed by atoms with Crippen LogP contribution in [0.25, 0.3) is 0 Å². The van der Waals surface area contributed by atoms with Crippen molar-refractivity contribution in [3.8, 4) is 11.5 Å². The second-order valence-electron chi connectivity index (χ2n) is 7.57. The fourth-order valence-electron chi connectivity index (χ4n) is 3.33. The molecule has 0 fully saturated rings. The lowest BCUT2D eigenvalue weighted by Gasteiger charge is -2.21. The number of hydrogen-bond donors (Lipinski definition) is 2. The van der Waals surface area contributed by atoms with Crippen molar-refractivity contribution in [1.29, 1.82) is 5.41 Å². The topological polar surface area (TPSA) is 82.8 Å². The number of nitrogens with zero attached hydrogens (tertiary/aromatic N) is 1. The Kier molecular flexibility index (Phi) is 9.28. The van der Waals surface area contributed by atoms with Crippen molar-refractivity contribution in [1.82, 2.24) is 0 Å². The lowest BCUT2D eigenvalue weighted by Crippen LogP contribution is -2.23. The van der Waals surface area contributed by atoms with Crippen molar-refractivity contribution >= 4 is 17.4 Å². The number of alkyl halides is 3. The minimum absolute atomic E-state index is 0.144. The highest BCUT2D eigenvalue weighted by atomic mass is 19.4. The van der Waals surface area contributed by atoms with Crippen LogP contribution in [0.15, 0.2) is 30.3 Å². The smallest absolute Gasteiger partial charge is 0.433 e. The van der Waals surface area contributed by atoms with Crippen LogP contribution in [-0.2, 0) is 11.2 Å². The molecule has 0 heterocycles. The molecule has 2 aromatic carbocycles. The zero-order valence-electron chi connectivity index (χ0n) is 19.3. The average molecular weight is 484 g/mol. The number of carbonyl (C=O) groups is 1. The van der Waals surface area contributed by atoms with E-state index in [0.29, 0.717) is 25.1 Å². The number of hydrogen-bond acceptors (Lipinski definition) is 6. The predicted molar refractivity (Wildman–Crippen MR) is 121 cm³/mol. The molecule has 2 aromatic rings. The summed E-state index contributed by atoms with van der Waals surface area (Å²) in [5.41, 5.74) is -1.58. The lowest BCUT2D eigenvalue weighted by atomic mass is 10.00. The Hall–Kier alpha value is -3.30. The van der Waals surface area contributed by atoms with Crippen LogP contribution in [0.4, 0.5) is 23.2 Å². The van der Waals surface area contributed by atoms with Crippen molar-refractivity contribution in [2.75, 3.05) is 31.7 Å². The quantitative estimate of drug-likeness (QED) is 0.191. The molecule has 0 aliphatic rings. The number of esters is 1. The van der Waals surface area contributed by atoms with Crippen molar-refractivity contribution in [3.05, 3.63) is 52.8 Å². The van der Waals surface area contributed by atoms with E-state index in [1.165, 1.54) is 18.2 Å². The second-order valence-corrected chi connectivity index (χ2v) is 7.57. The predicted octanol–water partition coefficient (Wildman–Crippen LogP) is 5.50. The standard InChI is InChI=1S/C24H28F4N2O4/c1-4-7-17-20(11-10-18(21(17)31)22(29)24(26,27)28)34-13-6-12-30(3)15-8-9-16(19(25)14-15)23(32)33-5-2/h8-11,14,29,31H,4-7,12-13H2,1-3H3. The molecule has 0 radical (unpaired) electrons. The van der Waals surface area contributed by atoms with Gasteiger partial charge < -0.3 is 19.5 Å². The van der Waals surface area contributed by atoms with E-state index >= 15 is 0 Å². The second kappa shape index (κ2) is 11.7. The summed E-state index contributed by atoms with van der Waals surface area (Å²) in [6, 6.07) is 6.55. The molecule has 0 atom stereocenters. The first-order valence-corrected chi connectivity index (χ1v) is 10.8. The van der Waals surface area contributed by atoms with E-state index in [-0.39, 0.29) is 36.5 Å². The summed E-state index contributed by atoms with van der Waals surface area (Å²) in [7, 11) is 1.74. The summed E-state index contributed by atoms with van der Waals surface area (Å²) in [5, 5.41) is 17.7. The number of anilines is 1. The zero-order chi connectivity index (χ0) is 25.5. The molecule has 0 saturated heterocycles. The fourth-order valence-corrected chi connectivity index (χ4v) is 3.33. The van der Waals surface area contributed by atoms with E-state index in [0.717, 1.165) is 6.07 Å². The third-order valence-electron chi connectivity index (χ3n) is 5.08. The first-order valence-electron chi connectivity index (χ1n) is 10.8. The molecule has 34 heavy (non-hydrogen) atoms. The maximum Gasteiger partial charge on any atom is 0.433 e. The molecule has 2 N–H and O–H groups in total. The fraction of sp³-hybridized carbons (Fsp3) is 0.417. The number of phenols is 1. The monoisotopic (exact) mass is 484 g/mol. The first kappa shape index (κ1) is 26.9. The Bertz CT molecular complexity index is 1020. The van der Waals surface area contributed by atoms with Gasteiger partial charge in [-0.15, -0.1) is 0 Å². The van der Waals surface area contributed by atoms with E-state index in [9.17, 15) is 27.5 Å². The molecule has 0 spiro atoms. The molecule has 0 amide bonds. The van der Waals surface area contributed by atoms with Gasteiger partial charge >= 0.3 is 12.1 Å². The van der Waals surface area contributed by atoms with Gasteiger partial charge in [0.2, 0.25) is 0 Å². The van der Waals surface area contributed by atoms with Gasteiger partial charge in [-0.3, -0.25) is 5.41 Å². The van der Waals surface area contributed by atoms with Gasteiger partial charge in [0.05, 0.1) is 18.8 Å². The Morgan fingerprint density at radius 1 is 1.15 bits per heavy atom. The Morgan fingerprint density at radius 3 is 2.41 bits per heavy atom. The van der Waals surface area contributed by atoms with Gasteiger partial charge in [-0.1, -0.05) is 13.3 Å². The van der Waals surface area contributed by atoms with Gasteiger partial charge in [0.15, 0.2) is 0 Å². The minimum Gasteiger partial charge on any atom is -0.507 e. The number of carbonyl (C=O) groups excluding carboxylic acids is 1. The van der Waals surface area contributed by atoms with Gasteiger partial charge in [-0.25, -0.2) is 9.18 Å². The van der Waals surface area contributed by atoms with Crippen LogP contribution in [0.1, 0.15) is 48.2 Å². The maximum atomic E-state index is 14.3. The molecular formula is C24H28F4N2O4. The third kappa shape index (κ3) is 6.61. The Morgan fingerprint density at radius 2 is 1.82 bits per heavy atom. The van der Waals surface area contributed by atoms with E-state index in [1.807, 2.05) is 6.92 Å². The number of rotatable bonds is 11. The van der Waals surface area contributed by atoms with E-state index in [2.05, 4.69) is 0 Å². The van der Waals surface area contributed by atoms with Gasteiger partial charge in [0, 0.05) is 30.4 Å². The number of nitrogens with one attached hydrogen (secondary N) is 1. The number of phenolic OH excluding ortho intramolecular Hbond substituents is 1. The summed E-state index contributed by atoms with van der Waals surface area (Å²) in [4.78, 5) is 13.5. The summed E-state index contributed by atoms with van der Waals surface area (Å²) >= 11 is 0. The SMILES string of the molecule is CCCc1c(OCCCN(C)c2ccc(C(=O)OCC)c(F)c2)ccc(C(=N)C(F)(F)F)c1O. The van der Waals surface area contributed by atoms with Gasteiger partial charge in [0.25, 0.3) is 0 Å². The molecule has 6 nitrogen and oxygen atoms in total. The van der Waals surface area contributed by atoms with Crippen LogP contribution < -0.4 is 9.64 Å². The summed E-state index contributed by atoms with van der Waals surface area (Å²) in [6.07, 6.45) is -3.54. The lowest BCUT2D eigenvalue weighted by molar-refractivity contribution is -0.0588. The van der Waals surface area contributed by atoms with Gasteiger partial charge in [-0.2, -0.15) is 13.2 Å². The molecule has 0 saturated carbocycles. The Labute approximate surface area is 195 Å². The molecule has 0 unspecified atom stereocenters. The van der Waals surface area contributed by atoms with Crippen molar-refractivity contribution in [2.24, 2.45) is 0 Å². The van der Waals surface area contributed by atoms with Gasteiger partial charge in [-0.05, 0) is 50.1 Å². The van der Waals surface area contributed by atoms with Crippen molar-refractivity contribution < 1.29 is 36.9 Å². The highest BCUT2D eigenvalue weighted by molar-refractivity contribution is 6.04. The van der Waals surface area contributed by atoms with Crippen LogP contribution in [-0.4, -0.2) is 49.8 Å². The molecule has 0 aromatic heterocycles. The first-order chi connectivity index (χ1) is 16.0. The third-order valence-corrected chi connectivity index (χ3v) is 5.08. The average Bonchev–Trinajstić information content (AvgIpc) is 2.77. The molecule has 10 heteroatoms. The van der Waals surface area contributed by atoms with Crippen LogP contribution in [0, 0.1) is 11.2 Å². The van der Waals surface area contributed by atoms with Crippen LogP contribution in [0.5, 0.6) is 11.5 Å².